The number of pyridine rings is 1. The molecule has 1 N–H and O–H groups in total. The fourth-order valence-corrected chi connectivity index (χ4v) is 2.00. The molecule has 2 nitrogen and oxygen atoms in total. The maximum atomic E-state index is 4.07. The van der Waals surface area contributed by atoms with Gasteiger partial charge in [0.25, 0.3) is 0 Å². The van der Waals surface area contributed by atoms with Crippen LogP contribution in [0.3, 0.4) is 0 Å². The lowest BCUT2D eigenvalue weighted by molar-refractivity contribution is 0.549. The lowest BCUT2D eigenvalue weighted by atomic mass is 10.00. The molecule has 1 unspecified atom stereocenters. The van der Waals surface area contributed by atoms with Gasteiger partial charge in [0, 0.05) is 18.4 Å². The van der Waals surface area contributed by atoms with Gasteiger partial charge in [0.05, 0.1) is 0 Å². The van der Waals surface area contributed by atoms with Crippen LogP contribution in [0.4, 0.5) is 0 Å². The Bertz CT molecular complexity index is 425. The van der Waals surface area contributed by atoms with Crippen molar-refractivity contribution in [3.8, 4) is 0 Å². The van der Waals surface area contributed by atoms with Crippen LogP contribution < -0.4 is 5.32 Å². The second kappa shape index (κ2) is 6.16. The number of hydrogen-bond donors (Lipinski definition) is 1. The summed E-state index contributed by atoms with van der Waals surface area (Å²) in [6.45, 7) is 3.11. The minimum atomic E-state index is 0.366. The van der Waals surface area contributed by atoms with Crippen LogP contribution in [0.15, 0.2) is 54.9 Å². The summed E-state index contributed by atoms with van der Waals surface area (Å²) < 4.78 is 0. The van der Waals surface area contributed by atoms with Gasteiger partial charge in [0.15, 0.2) is 0 Å². The summed E-state index contributed by atoms with van der Waals surface area (Å²) in [5.41, 5.74) is 2.65. The van der Waals surface area contributed by atoms with Crippen molar-refractivity contribution >= 4 is 0 Å². The quantitative estimate of drug-likeness (QED) is 0.847. The Morgan fingerprint density at radius 3 is 2.41 bits per heavy atom. The van der Waals surface area contributed by atoms with E-state index in [9.17, 15) is 0 Å². The van der Waals surface area contributed by atoms with E-state index in [1.54, 1.807) is 0 Å². The van der Waals surface area contributed by atoms with E-state index < -0.39 is 0 Å². The van der Waals surface area contributed by atoms with E-state index in [-0.39, 0.29) is 0 Å². The van der Waals surface area contributed by atoms with E-state index in [0.717, 1.165) is 13.0 Å². The number of nitrogens with one attached hydrogen (secondary N) is 1. The molecule has 0 bridgehead atoms. The normalized spacial score (nSPS) is 12.3. The average Bonchev–Trinajstić information content (AvgIpc) is 2.40. The van der Waals surface area contributed by atoms with Crippen LogP contribution in [0.25, 0.3) is 0 Å². The molecule has 1 atom stereocenters. The summed E-state index contributed by atoms with van der Waals surface area (Å²) in [4.78, 5) is 4.07. The average molecular weight is 226 g/mol. The summed E-state index contributed by atoms with van der Waals surface area (Å²) in [5, 5.41) is 3.52. The minimum Gasteiger partial charge on any atom is -0.310 e. The van der Waals surface area contributed by atoms with E-state index in [1.165, 1.54) is 11.1 Å². The molecule has 88 valence electrons. The lowest BCUT2D eigenvalue weighted by Crippen LogP contribution is -2.22. The summed E-state index contributed by atoms with van der Waals surface area (Å²) >= 11 is 0. The first kappa shape index (κ1) is 11.8. The zero-order valence-corrected chi connectivity index (χ0v) is 10.1. The molecule has 2 rings (SSSR count). The summed E-state index contributed by atoms with van der Waals surface area (Å²) in [7, 11) is 0. The minimum absolute atomic E-state index is 0.366. The van der Waals surface area contributed by atoms with Crippen molar-refractivity contribution in [2.45, 2.75) is 19.4 Å². The predicted octanol–water partition coefficient (Wildman–Crippen LogP) is 2.97. The molecule has 2 heteroatoms. The van der Waals surface area contributed by atoms with E-state index in [1.807, 2.05) is 12.4 Å². The van der Waals surface area contributed by atoms with Crippen LogP contribution in [0.2, 0.25) is 0 Å². The Morgan fingerprint density at radius 1 is 1.06 bits per heavy atom. The van der Waals surface area contributed by atoms with E-state index in [4.69, 9.17) is 0 Å². The van der Waals surface area contributed by atoms with Gasteiger partial charge in [-0.1, -0.05) is 37.3 Å². The Hall–Kier alpha value is -1.67. The standard InChI is InChI=1S/C15H18N2/c1-2-17-15(14-8-10-16-11-9-14)12-13-6-4-3-5-7-13/h3-11,15,17H,2,12H2,1H3. The molecule has 2 aromatic rings. The maximum absolute atomic E-state index is 4.07. The topological polar surface area (TPSA) is 24.9 Å². The molecule has 0 saturated heterocycles. The van der Waals surface area contributed by atoms with Crippen LogP contribution >= 0.6 is 0 Å². The summed E-state index contributed by atoms with van der Waals surface area (Å²) in [5.74, 6) is 0. The molecule has 0 radical (unpaired) electrons. The molecule has 0 aliphatic carbocycles. The third kappa shape index (κ3) is 3.40. The van der Waals surface area contributed by atoms with Gasteiger partial charge >= 0.3 is 0 Å². The van der Waals surface area contributed by atoms with E-state index in [0.29, 0.717) is 6.04 Å². The predicted molar refractivity (Wildman–Crippen MR) is 70.8 cm³/mol. The van der Waals surface area contributed by atoms with Gasteiger partial charge in [-0.3, -0.25) is 4.98 Å². The Balaban J connectivity index is 2.13. The second-order valence-corrected chi connectivity index (χ2v) is 4.08. The van der Waals surface area contributed by atoms with Crippen LogP contribution in [0, 0.1) is 0 Å². The molecule has 1 heterocycles. The van der Waals surface area contributed by atoms with E-state index in [2.05, 4.69) is 59.7 Å². The van der Waals surface area contributed by atoms with Crippen molar-refractivity contribution in [3.63, 3.8) is 0 Å². The third-order valence-corrected chi connectivity index (χ3v) is 2.84. The molecule has 17 heavy (non-hydrogen) atoms. The zero-order valence-electron chi connectivity index (χ0n) is 10.1. The fraction of sp³-hybridized carbons (Fsp3) is 0.267. The first-order chi connectivity index (χ1) is 8.40. The summed E-state index contributed by atoms with van der Waals surface area (Å²) in [6, 6.07) is 15.1. The number of aromatic nitrogens is 1. The van der Waals surface area contributed by atoms with Gasteiger partial charge < -0.3 is 5.32 Å². The van der Waals surface area contributed by atoms with Crippen molar-refractivity contribution in [2.24, 2.45) is 0 Å². The Morgan fingerprint density at radius 2 is 1.76 bits per heavy atom. The van der Waals surface area contributed by atoms with E-state index >= 15 is 0 Å². The number of likely N-dealkylation sites (N-methyl/N-ethyl adjacent to an activating group) is 1. The number of nitrogens with zero attached hydrogens (tertiary/aromatic N) is 1. The molecule has 1 aromatic heterocycles. The maximum Gasteiger partial charge on any atom is 0.0361 e. The Labute approximate surface area is 103 Å². The molecule has 0 fully saturated rings. The molecular formula is C15H18N2. The van der Waals surface area contributed by atoms with Crippen molar-refractivity contribution in [3.05, 3.63) is 66.0 Å². The van der Waals surface area contributed by atoms with Crippen molar-refractivity contribution < 1.29 is 0 Å². The van der Waals surface area contributed by atoms with Crippen molar-refractivity contribution in [2.75, 3.05) is 6.54 Å². The highest BCUT2D eigenvalue weighted by Crippen LogP contribution is 2.17. The van der Waals surface area contributed by atoms with Gasteiger partial charge in [0.2, 0.25) is 0 Å². The molecule has 0 saturated carbocycles. The molecule has 0 amide bonds. The van der Waals surface area contributed by atoms with Crippen LogP contribution in [0.5, 0.6) is 0 Å². The number of rotatable bonds is 5. The molecule has 0 aliphatic heterocycles. The monoisotopic (exact) mass is 226 g/mol. The Kier molecular flexibility index (Phi) is 4.28. The summed E-state index contributed by atoms with van der Waals surface area (Å²) in [6.07, 6.45) is 4.72. The number of hydrogen-bond acceptors (Lipinski definition) is 2. The molecule has 0 aliphatic rings. The first-order valence-electron chi connectivity index (χ1n) is 6.07. The molecule has 0 spiro atoms. The highest BCUT2D eigenvalue weighted by atomic mass is 14.9. The molecule has 1 aromatic carbocycles. The smallest absolute Gasteiger partial charge is 0.0361 e. The van der Waals surface area contributed by atoms with Crippen LogP contribution in [-0.4, -0.2) is 11.5 Å². The molecular weight excluding hydrogens is 208 g/mol. The number of benzene rings is 1. The van der Waals surface area contributed by atoms with Crippen LogP contribution in [-0.2, 0) is 6.42 Å². The largest absolute Gasteiger partial charge is 0.310 e. The van der Waals surface area contributed by atoms with Crippen molar-refractivity contribution in [1.82, 2.24) is 10.3 Å². The van der Waals surface area contributed by atoms with Crippen molar-refractivity contribution in [1.29, 1.82) is 0 Å². The van der Waals surface area contributed by atoms with Gasteiger partial charge in [-0.25, -0.2) is 0 Å². The van der Waals surface area contributed by atoms with Crippen LogP contribution in [0.1, 0.15) is 24.1 Å². The first-order valence-corrected chi connectivity index (χ1v) is 6.07. The SMILES string of the molecule is CCNC(Cc1ccccc1)c1ccncc1. The van der Waals surface area contributed by atoms with Gasteiger partial charge in [-0.05, 0) is 36.2 Å². The van der Waals surface area contributed by atoms with Gasteiger partial charge in [0.1, 0.15) is 0 Å². The lowest BCUT2D eigenvalue weighted by Gasteiger charge is -2.18. The van der Waals surface area contributed by atoms with Gasteiger partial charge in [-0.2, -0.15) is 0 Å². The highest BCUT2D eigenvalue weighted by molar-refractivity contribution is 5.21. The third-order valence-electron chi connectivity index (χ3n) is 2.84. The fourth-order valence-electron chi connectivity index (χ4n) is 2.00. The second-order valence-electron chi connectivity index (χ2n) is 4.08. The van der Waals surface area contributed by atoms with Gasteiger partial charge in [-0.15, -0.1) is 0 Å². The highest BCUT2D eigenvalue weighted by Gasteiger charge is 2.10. The zero-order chi connectivity index (χ0) is 11.9.